The van der Waals surface area contributed by atoms with Crippen LogP contribution in [0.25, 0.3) is 10.9 Å². The van der Waals surface area contributed by atoms with E-state index >= 15 is 0 Å². The van der Waals surface area contributed by atoms with Crippen LogP contribution >= 0.6 is 0 Å². The normalized spacial score (nSPS) is 10.7. The minimum Gasteiger partial charge on any atom is -0.492 e. The van der Waals surface area contributed by atoms with Crippen LogP contribution in [-0.2, 0) is 11.3 Å². The first-order valence-electron chi connectivity index (χ1n) is 9.84. The van der Waals surface area contributed by atoms with Crippen LogP contribution in [-0.4, -0.2) is 60.6 Å². The molecule has 158 valence electrons. The summed E-state index contributed by atoms with van der Waals surface area (Å²) in [7, 11) is 5.21. The molecular weight excluding hydrogens is 380 g/mol. The van der Waals surface area contributed by atoms with Crippen molar-refractivity contribution in [1.29, 1.82) is 0 Å². The Hall–Kier alpha value is -3.48. The molecule has 0 atom stereocenters. The van der Waals surface area contributed by atoms with E-state index in [1.54, 1.807) is 30.9 Å². The van der Waals surface area contributed by atoms with Gasteiger partial charge in [-0.3, -0.25) is 4.79 Å². The van der Waals surface area contributed by atoms with Gasteiger partial charge in [0, 0.05) is 43.9 Å². The van der Waals surface area contributed by atoms with Gasteiger partial charge in [-0.05, 0) is 43.3 Å². The molecule has 7 nitrogen and oxygen atoms in total. The van der Waals surface area contributed by atoms with Crippen LogP contribution in [0, 0.1) is 6.92 Å². The maximum absolute atomic E-state index is 12.5. The maximum atomic E-state index is 12.5. The third-order valence-electron chi connectivity index (χ3n) is 4.89. The first-order chi connectivity index (χ1) is 14.3. The van der Waals surface area contributed by atoms with Gasteiger partial charge in [-0.25, -0.2) is 4.79 Å². The third kappa shape index (κ3) is 5.31. The molecule has 2 aromatic carbocycles. The van der Waals surface area contributed by atoms with Gasteiger partial charge in [0.1, 0.15) is 18.9 Å². The summed E-state index contributed by atoms with van der Waals surface area (Å²) in [5.74, 6) is 0.816. The number of hydrogen-bond acceptors (Lipinski definition) is 3. The predicted octanol–water partition coefficient (Wildman–Crippen LogP) is 3.58. The monoisotopic (exact) mass is 408 g/mol. The van der Waals surface area contributed by atoms with Crippen LogP contribution in [0.4, 0.5) is 10.5 Å². The van der Waals surface area contributed by atoms with E-state index in [1.165, 1.54) is 5.56 Å². The number of urea groups is 1. The van der Waals surface area contributed by atoms with Gasteiger partial charge in [0.05, 0.1) is 6.54 Å². The average Bonchev–Trinajstić information content (AvgIpc) is 3.11. The second-order valence-electron chi connectivity index (χ2n) is 7.52. The van der Waals surface area contributed by atoms with Crippen molar-refractivity contribution in [1.82, 2.24) is 14.4 Å². The number of ether oxygens (including phenoxy) is 1. The lowest BCUT2D eigenvalue weighted by Crippen LogP contribution is -2.34. The van der Waals surface area contributed by atoms with Crippen molar-refractivity contribution in [3.8, 4) is 5.75 Å². The van der Waals surface area contributed by atoms with Crippen LogP contribution in [0.3, 0.4) is 0 Å². The number of benzene rings is 2. The van der Waals surface area contributed by atoms with Crippen LogP contribution in [0.5, 0.6) is 5.75 Å². The molecular formula is C23H28N4O3. The second-order valence-corrected chi connectivity index (χ2v) is 7.52. The Morgan fingerprint density at radius 1 is 1.03 bits per heavy atom. The Kier molecular flexibility index (Phi) is 6.61. The zero-order valence-corrected chi connectivity index (χ0v) is 17.9. The van der Waals surface area contributed by atoms with Gasteiger partial charge in [-0.2, -0.15) is 0 Å². The SMILES string of the molecule is Cc1ccc(OCCN(C)C(=O)Nc2ccc3c(ccn3CC(=O)N(C)C)c2)cc1. The van der Waals surface area contributed by atoms with E-state index in [4.69, 9.17) is 4.74 Å². The topological polar surface area (TPSA) is 66.8 Å². The molecule has 1 N–H and O–H groups in total. The minimum atomic E-state index is -0.205. The molecule has 0 aliphatic carbocycles. The highest BCUT2D eigenvalue weighted by Crippen LogP contribution is 2.21. The molecule has 30 heavy (non-hydrogen) atoms. The van der Waals surface area contributed by atoms with Crippen molar-refractivity contribution >= 4 is 28.5 Å². The summed E-state index contributed by atoms with van der Waals surface area (Å²) < 4.78 is 7.59. The zero-order valence-electron chi connectivity index (χ0n) is 17.9. The first kappa shape index (κ1) is 21.2. The molecule has 0 bridgehead atoms. The van der Waals surface area contributed by atoms with E-state index < -0.39 is 0 Å². The fraction of sp³-hybridized carbons (Fsp3) is 0.304. The molecule has 0 saturated carbocycles. The Labute approximate surface area is 176 Å². The van der Waals surface area contributed by atoms with Crippen LogP contribution in [0.2, 0.25) is 0 Å². The fourth-order valence-corrected chi connectivity index (χ4v) is 2.96. The van der Waals surface area contributed by atoms with Crippen LogP contribution < -0.4 is 10.1 Å². The van der Waals surface area contributed by atoms with Crippen LogP contribution in [0.15, 0.2) is 54.7 Å². The molecule has 3 aromatic rings. The number of nitrogens with one attached hydrogen (secondary N) is 1. The summed E-state index contributed by atoms with van der Waals surface area (Å²) in [5, 5.41) is 3.87. The zero-order chi connectivity index (χ0) is 21.7. The molecule has 0 spiro atoms. The number of aromatic nitrogens is 1. The molecule has 0 fully saturated rings. The summed E-state index contributed by atoms with van der Waals surface area (Å²) in [6.45, 7) is 3.18. The Morgan fingerprint density at radius 3 is 2.47 bits per heavy atom. The van der Waals surface area contributed by atoms with Gasteiger partial charge in [0.25, 0.3) is 0 Å². The maximum Gasteiger partial charge on any atom is 0.321 e. The number of nitrogens with zero attached hydrogens (tertiary/aromatic N) is 3. The highest BCUT2D eigenvalue weighted by molar-refractivity contribution is 5.93. The number of amides is 3. The third-order valence-corrected chi connectivity index (χ3v) is 4.89. The average molecular weight is 409 g/mol. The Morgan fingerprint density at radius 2 is 1.77 bits per heavy atom. The Bertz CT molecular complexity index is 1020. The van der Waals surface area contributed by atoms with Crippen molar-refractivity contribution in [2.24, 2.45) is 0 Å². The molecule has 0 unspecified atom stereocenters. The molecule has 3 amide bonds. The molecule has 0 aliphatic heterocycles. The van der Waals surface area contributed by atoms with Crippen LogP contribution in [0.1, 0.15) is 5.56 Å². The summed E-state index contributed by atoms with van der Waals surface area (Å²) in [4.78, 5) is 27.6. The lowest BCUT2D eigenvalue weighted by molar-refractivity contribution is -0.129. The highest BCUT2D eigenvalue weighted by Gasteiger charge is 2.11. The standard InChI is InChI=1S/C23H28N4O3/c1-17-5-8-20(9-6-17)30-14-13-26(4)23(29)24-19-7-10-21-18(15-19)11-12-27(21)16-22(28)25(2)3/h5-12,15H,13-14,16H2,1-4H3,(H,24,29). The number of aryl methyl sites for hydroxylation is 1. The van der Waals surface area contributed by atoms with E-state index in [1.807, 2.05) is 66.2 Å². The first-order valence-corrected chi connectivity index (χ1v) is 9.84. The number of carbonyl (C=O) groups is 2. The number of rotatable bonds is 7. The molecule has 7 heteroatoms. The second kappa shape index (κ2) is 9.35. The molecule has 3 rings (SSSR count). The largest absolute Gasteiger partial charge is 0.492 e. The van der Waals surface area contributed by atoms with Gasteiger partial charge in [-0.1, -0.05) is 17.7 Å². The molecule has 1 aromatic heterocycles. The van der Waals surface area contributed by atoms with E-state index in [-0.39, 0.29) is 18.5 Å². The minimum absolute atomic E-state index is 0.0272. The lowest BCUT2D eigenvalue weighted by atomic mass is 10.2. The van der Waals surface area contributed by atoms with E-state index in [9.17, 15) is 9.59 Å². The van der Waals surface area contributed by atoms with Gasteiger partial charge in [-0.15, -0.1) is 0 Å². The number of likely N-dealkylation sites (N-methyl/N-ethyl adjacent to an activating group) is 2. The summed E-state index contributed by atoms with van der Waals surface area (Å²) in [5.41, 5.74) is 2.83. The quantitative estimate of drug-likeness (QED) is 0.650. The lowest BCUT2D eigenvalue weighted by Gasteiger charge is -2.18. The highest BCUT2D eigenvalue weighted by atomic mass is 16.5. The van der Waals surface area contributed by atoms with Gasteiger partial charge >= 0.3 is 6.03 Å². The van der Waals surface area contributed by atoms with Crippen molar-refractivity contribution in [3.05, 3.63) is 60.3 Å². The smallest absolute Gasteiger partial charge is 0.321 e. The predicted molar refractivity (Wildman–Crippen MR) is 119 cm³/mol. The molecule has 0 aliphatic rings. The van der Waals surface area contributed by atoms with Crippen molar-refractivity contribution < 1.29 is 14.3 Å². The van der Waals surface area contributed by atoms with Gasteiger partial charge < -0.3 is 24.4 Å². The van der Waals surface area contributed by atoms with E-state index in [0.717, 1.165) is 16.7 Å². The number of hydrogen-bond donors (Lipinski definition) is 1. The van der Waals surface area contributed by atoms with Gasteiger partial charge in [0.15, 0.2) is 0 Å². The molecule has 1 heterocycles. The molecule has 0 saturated heterocycles. The summed E-state index contributed by atoms with van der Waals surface area (Å²) in [6.07, 6.45) is 1.88. The molecule has 0 radical (unpaired) electrons. The number of anilines is 1. The van der Waals surface area contributed by atoms with Gasteiger partial charge in [0.2, 0.25) is 5.91 Å². The van der Waals surface area contributed by atoms with E-state index in [2.05, 4.69) is 5.32 Å². The van der Waals surface area contributed by atoms with Crippen molar-refractivity contribution in [3.63, 3.8) is 0 Å². The van der Waals surface area contributed by atoms with E-state index in [0.29, 0.717) is 18.8 Å². The Balaban J connectivity index is 1.55. The fourth-order valence-electron chi connectivity index (χ4n) is 2.96. The van der Waals surface area contributed by atoms with Crippen molar-refractivity contribution in [2.75, 3.05) is 39.6 Å². The summed E-state index contributed by atoms with van der Waals surface area (Å²) >= 11 is 0. The van der Waals surface area contributed by atoms with Crippen molar-refractivity contribution in [2.45, 2.75) is 13.5 Å². The summed E-state index contributed by atoms with van der Waals surface area (Å²) in [6, 6.07) is 15.2. The number of fused-ring (bicyclic) bond motifs is 1. The number of carbonyl (C=O) groups excluding carboxylic acids is 2.